The van der Waals surface area contributed by atoms with Gasteiger partial charge in [-0.05, 0) is 0 Å². The van der Waals surface area contributed by atoms with Gasteiger partial charge in [0.15, 0.2) is 0 Å². The molecule has 0 spiro atoms. The van der Waals surface area contributed by atoms with Gasteiger partial charge in [-0.15, -0.1) is 0 Å². The molecule has 0 heterocycles. The van der Waals surface area contributed by atoms with E-state index in [0.717, 1.165) is 0 Å². The van der Waals surface area contributed by atoms with Crippen molar-refractivity contribution in [1.82, 2.24) is 0 Å². The normalized spacial score (nSPS) is 0. The summed E-state index contributed by atoms with van der Waals surface area (Å²) in [6.07, 6.45) is 0. The van der Waals surface area contributed by atoms with Crippen LogP contribution >= 0.6 is 0 Å². The van der Waals surface area contributed by atoms with Crippen LogP contribution in [0.2, 0.25) is 0 Å². The number of rotatable bonds is 0. The van der Waals surface area contributed by atoms with Gasteiger partial charge in [0.1, 0.15) is 0 Å². The molecule has 0 fully saturated rings. The van der Waals surface area contributed by atoms with Gasteiger partial charge in [-0.2, -0.15) is 0 Å². The van der Waals surface area contributed by atoms with E-state index in [1.807, 2.05) is 0 Å². The van der Waals surface area contributed by atoms with Gasteiger partial charge in [0, 0.05) is 94.4 Å². The molecule has 0 bridgehead atoms. The van der Waals surface area contributed by atoms with Crippen molar-refractivity contribution in [2.24, 2.45) is 0 Å². The summed E-state index contributed by atoms with van der Waals surface area (Å²) in [6.45, 7) is 0. The minimum Gasteiger partial charge on any atom is -0.412 e. The van der Waals surface area contributed by atoms with E-state index in [9.17, 15) is 0 Å². The summed E-state index contributed by atoms with van der Waals surface area (Å²) in [5.74, 6) is 0. The van der Waals surface area contributed by atoms with Crippen molar-refractivity contribution in [3.63, 3.8) is 0 Å². The Kier molecular flexibility index (Phi) is 18300. The third kappa shape index (κ3) is 376. The van der Waals surface area contributed by atoms with Crippen molar-refractivity contribution in [2.75, 3.05) is 0 Å². The van der Waals surface area contributed by atoms with Crippen molar-refractivity contribution < 1.29 is 43.8 Å². The van der Waals surface area contributed by atoms with Gasteiger partial charge in [0.2, 0.25) is 0 Å². The molecule has 0 atom stereocenters. The molecule has 8 nitrogen and oxygen atoms in total. The molecule has 13 heteroatoms. The summed E-state index contributed by atoms with van der Waals surface area (Å²) in [5, 5.41) is 0. The second-order valence-electron chi connectivity index (χ2n) is 0. The fourth-order valence-electron chi connectivity index (χ4n) is 0. The fourth-order valence-corrected chi connectivity index (χ4v) is 0. The Morgan fingerprint density at radius 3 is 0.308 bits per heavy atom. The maximum absolute atomic E-state index is 0. The quantitative estimate of drug-likeness (QED) is 0.377. The second-order valence-corrected chi connectivity index (χ2v) is 0. The Morgan fingerprint density at radius 2 is 0.308 bits per heavy atom. The molecule has 0 aliphatic heterocycles. The molecule has 0 saturated heterocycles. The van der Waals surface area contributed by atoms with Gasteiger partial charge < -0.3 is 43.8 Å². The summed E-state index contributed by atoms with van der Waals surface area (Å²) in [6, 6.07) is 0. The van der Waals surface area contributed by atoms with Crippen molar-refractivity contribution in [3.05, 3.63) is 0 Å². The van der Waals surface area contributed by atoms with Gasteiger partial charge in [-0.25, -0.2) is 0 Å². The monoisotopic (exact) mass is 294 g/mol. The molecule has 13 heavy (non-hydrogen) atoms. The summed E-state index contributed by atoms with van der Waals surface area (Å²) >= 11 is 0. The Bertz CT molecular complexity index is 20.1. The maximum Gasteiger partial charge on any atom is 0 e. The SMILES string of the molecule is O.O.O.O.O.O.O.O.[Al].[Al].[Ca].[Si].[Si]. The number of hydrogen-bond acceptors (Lipinski definition) is 0. The van der Waals surface area contributed by atoms with E-state index < -0.39 is 0 Å². The van der Waals surface area contributed by atoms with Crippen LogP contribution in [0.5, 0.6) is 0 Å². The Morgan fingerprint density at radius 1 is 0.308 bits per heavy atom. The van der Waals surface area contributed by atoms with Crippen LogP contribution in [0.4, 0.5) is 0 Å². The van der Waals surface area contributed by atoms with Crippen LogP contribution in [0.15, 0.2) is 0 Å². The Hall–Kier alpha value is 2.44. The zero-order chi connectivity index (χ0) is 0. The van der Waals surface area contributed by atoms with E-state index in [1.165, 1.54) is 0 Å². The van der Waals surface area contributed by atoms with Gasteiger partial charge in [0.25, 0.3) is 0 Å². The zero-order valence-electron chi connectivity index (χ0n) is 6.86. The minimum absolute atomic E-state index is 0. The molecule has 0 aromatic rings. The fraction of sp³-hybridized carbons (Fsp3) is 0. The average Bonchev–Trinajstić information content (AvgIpc) is 0. The van der Waals surface area contributed by atoms with E-state index in [2.05, 4.69) is 0 Å². The average molecular weight is 294 g/mol. The molecular weight excluding hydrogens is 278 g/mol. The van der Waals surface area contributed by atoms with Gasteiger partial charge in [0.05, 0.1) is 0 Å². The molecule has 0 unspecified atom stereocenters. The summed E-state index contributed by atoms with van der Waals surface area (Å²) < 4.78 is 0. The van der Waals surface area contributed by atoms with Crippen molar-refractivity contribution in [1.29, 1.82) is 0 Å². The van der Waals surface area contributed by atoms with E-state index in [1.54, 1.807) is 0 Å². The molecule has 0 amide bonds. The van der Waals surface area contributed by atoms with Gasteiger partial charge in [-0.3, -0.25) is 0 Å². The van der Waals surface area contributed by atoms with Crippen LogP contribution in [0, 0.1) is 0 Å². The zero-order valence-corrected chi connectivity index (χ0v) is 13.4. The molecule has 0 saturated carbocycles. The van der Waals surface area contributed by atoms with E-state index in [4.69, 9.17) is 0 Å². The topological polar surface area (TPSA) is 252 Å². The first-order valence-corrected chi connectivity index (χ1v) is 0. The predicted octanol–water partition coefficient (Wildman–Crippen LogP) is -8.50. The van der Waals surface area contributed by atoms with Crippen LogP contribution in [0.25, 0.3) is 0 Å². The largest absolute Gasteiger partial charge is 0.412 e. The Labute approximate surface area is 137 Å². The predicted molar refractivity (Wildman–Crippen MR) is 57.7 cm³/mol. The molecule has 0 aromatic heterocycles. The van der Waals surface area contributed by atoms with Crippen molar-refractivity contribution in [2.45, 2.75) is 0 Å². The van der Waals surface area contributed by atoms with E-state index in [-0.39, 0.29) is 138 Å². The molecule has 0 aromatic carbocycles. The number of hydrogen-bond donors (Lipinski definition) is 0. The molecule has 16 radical (unpaired) electrons. The van der Waals surface area contributed by atoms with Crippen LogP contribution in [-0.4, -0.2) is 138 Å². The third-order valence-corrected chi connectivity index (χ3v) is 0. The first-order valence-electron chi connectivity index (χ1n) is 0. The maximum atomic E-state index is 0. The molecular formula is H16Al2CaO8Si2. The van der Waals surface area contributed by atoms with E-state index >= 15 is 0 Å². The second kappa shape index (κ2) is 439. The van der Waals surface area contributed by atoms with E-state index in [0.29, 0.717) is 0 Å². The molecule has 80 valence electrons. The standard InChI is InChI=1S/2Al.Ca.8H2O.2Si/h;;;8*1H2;;. The summed E-state index contributed by atoms with van der Waals surface area (Å²) in [5.41, 5.74) is 0. The first-order chi connectivity index (χ1) is 0. The van der Waals surface area contributed by atoms with Gasteiger partial charge >= 0.3 is 0 Å². The smallest absolute Gasteiger partial charge is 0 e. The van der Waals surface area contributed by atoms with Gasteiger partial charge in [-0.1, -0.05) is 0 Å². The van der Waals surface area contributed by atoms with Crippen molar-refractivity contribution in [3.8, 4) is 0 Å². The van der Waals surface area contributed by atoms with Crippen LogP contribution in [-0.2, 0) is 0 Å². The van der Waals surface area contributed by atoms with Crippen LogP contribution in [0.3, 0.4) is 0 Å². The Balaban J connectivity index is 0. The molecule has 0 rings (SSSR count). The molecule has 0 aliphatic carbocycles. The third-order valence-electron chi connectivity index (χ3n) is 0. The van der Waals surface area contributed by atoms with Crippen LogP contribution < -0.4 is 0 Å². The summed E-state index contributed by atoms with van der Waals surface area (Å²) in [4.78, 5) is 0. The van der Waals surface area contributed by atoms with Crippen LogP contribution in [0.1, 0.15) is 0 Å². The molecule has 0 aliphatic rings. The van der Waals surface area contributed by atoms with Crippen molar-refractivity contribution >= 4 is 94.4 Å². The molecule has 16 N–H and O–H groups in total. The minimum atomic E-state index is 0. The first kappa shape index (κ1) is 541. The summed E-state index contributed by atoms with van der Waals surface area (Å²) in [7, 11) is 0.